The molecule has 0 bridgehead atoms. The third-order valence-electron chi connectivity index (χ3n) is 3.28. The number of hydrogen-bond acceptors (Lipinski definition) is 5. The third-order valence-corrected chi connectivity index (χ3v) is 3.28. The van der Waals surface area contributed by atoms with Crippen LogP contribution in [0.1, 0.15) is 11.4 Å². The fourth-order valence-electron chi connectivity index (χ4n) is 2.15. The minimum atomic E-state index is 0.246. The fourth-order valence-corrected chi connectivity index (χ4v) is 2.15. The first kappa shape index (κ1) is 12.8. The van der Waals surface area contributed by atoms with Crippen molar-refractivity contribution >= 4 is 0 Å². The van der Waals surface area contributed by atoms with Crippen LogP contribution in [0.2, 0.25) is 0 Å². The fraction of sp³-hybridized carbons (Fsp3) is 0.357. The molecule has 1 aliphatic heterocycles. The van der Waals surface area contributed by atoms with Gasteiger partial charge in [-0.3, -0.25) is 0 Å². The van der Waals surface area contributed by atoms with Gasteiger partial charge in [0, 0.05) is 44.0 Å². The van der Waals surface area contributed by atoms with Gasteiger partial charge in [0.2, 0.25) is 6.79 Å². The normalized spacial score (nSPS) is 12.7. The van der Waals surface area contributed by atoms with Gasteiger partial charge in [0.1, 0.15) is 11.6 Å². The molecule has 0 spiro atoms. The molecule has 1 aromatic heterocycles. The Kier molecular flexibility index (Phi) is 3.47. The number of hydrogen-bond donors (Lipinski definition) is 1. The molecule has 2 N–H and O–H groups in total. The monoisotopic (exact) mass is 275 g/mol. The highest BCUT2D eigenvalue weighted by Crippen LogP contribution is 2.38. The zero-order chi connectivity index (χ0) is 13.9. The lowest BCUT2D eigenvalue weighted by Crippen LogP contribution is -2.08. The lowest BCUT2D eigenvalue weighted by Gasteiger charge is -2.11. The molecular weight excluding hydrogens is 258 g/mol. The molecule has 0 radical (unpaired) electrons. The van der Waals surface area contributed by atoms with Gasteiger partial charge in [0.25, 0.3) is 0 Å². The Morgan fingerprint density at radius 2 is 2.15 bits per heavy atom. The van der Waals surface area contributed by atoms with E-state index in [1.54, 1.807) is 6.20 Å². The molecule has 106 valence electrons. The second-order valence-electron chi connectivity index (χ2n) is 4.57. The van der Waals surface area contributed by atoms with E-state index in [1.807, 2.05) is 29.9 Å². The van der Waals surface area contributed by atoms with Crippen LogP contribution in [0.25, 0.3) is 0 Å². The highest BCUT2D eigenvalue weighted by atomic mass is 16.7. The second kappa shape index (κ2) is 5.42. The van der Waals surface area contributed by atoms with E-state index >= 15 is 0 Å². The van der Waals surface area contributed by atoms with Crippen LogP contribution in [0, 0.1) is 0 Å². The molecule has 6 heteroatoms. The molecule has 0 atom stereocenters. The Hall–Kier alpha value is -2.21. The van der Waals surface area contributed by atoms with E-state index in [4.69, 9.17) is 19.9 Å². The zero-order valence-corrected chi connectivity index (χ0v) is 11.3. The molecule has 2 aromatic rings. The van der Waals surface area contributed by atoms with Crippen LogP contribution >= 0.6 is 0 Å². The molecule has 6 nitrogen and oxygen atoms in total. The summed E-state index contributed by atoms with van der Waals surface area (Å²) in [6, 6.07) is 3.71. The standard InChI is InChI=1S/C14H17N3O3/c1-17-4-3-16-14(17)2-5-18-11-7-13-12(19-9-20-13)6-10(11)8-15/h3-4,6-7H,2,5,8-9,15H2,1H3. The molecule has 3 rings (SSSR count). The summed E-state index contributed by atoms with van der Waals surface area (Å²) in [7, 11) is 1.97. The molecule has 0 fully saturated rings. The van der Waals surface area contributed by atoms with Gasteiger partial charge in [-0.25, -0.2) is 4.98 Å². The van der Waals surface area contributed by atoms with Crippen LogP contribution in [0.15, 0.2) is 24.5 Å². The van der Waals surface area contributed by atoms with E-state index in [0.29, 0.717) is 18.9 Å². The number of fused-ring (bicyclic) bond motifs is 1. The quantitative estimate of drug-likeness (QED) is 0.888. The summed E-state index contributed by atoms with van der Waals surface area (Å²) in [6.07, 6.45) is 4.43. The van der Waals surface area contributed by atoms with Gasteiger partial charge in [-0.2, -0.15) is 0 Å². The highest BCUT2D eigenvalue weighted by molar-refractivity contribution is 5.51. The van der Waals surface area contributed by atoms with Crippen molar-refractivity contribution in [1.29, 1.82) is 0 Å². The number of rotatable bonds is 5. The number of aromatic nitrogens is 2. The second-order valence-corrected chi connectivity index (χ2v) is 4.57. The molecular formula is C14H17N3O3. The van der Waals surface area contributed by atoms with Gasteiger partial charge in [-0.1, -0.05) is 0 Å². The molecule has 0 aliphatic carbocycles. The molecule has 1 aromatic carbocycles. The number of imidazole rings is 1. The Balaban J connectivity index is 1.69. The van der Waals surface area contributed by atoms with Crippen molar-refractivity contribution in [2.45, 2.75) is 13.0 Å². The van der Waals surface area contributed by atoms with Gasteiger partial charge in [0.15, 0.2) is 11.5 Å². The maximum atomic E-state index is 5.81. The SMILES string of the molecule is Cn1ccnc1CCOc1cc2c(cc1CN)OCO2. The Morgan fingerprint density at radius 1 is 1.35 bits per heavy atom. The van der Waals surface area contributed by atoms with Crippen molar-refractivity contribution in [3.05, 3.63) is 35.9 Å². The van der Waals surface area contributed by atoms with Gasteiger partial charge in [-0.05, 0) is 6.07 Å². The minimum absolute atomic E-state index is 0.246. The largest absolute Gasteiger partial charge is 0.493 e. The van der Waals surface area contributed by atoms with Crippen LogP contribution in [0.5, 0.6) is 17.2 Å². The Morgan fingerprint density at radius 3 is 2.85 bits per heavy atom. The van der Waals surface area contributed by atoms with E-state index in [2.05, 4.69) is 4.98 Å². The summed E-state index contributed by atoms with van der Waals surface area (Å²) in [4.78, 5) is 4.26. The topological polar surface area (TPSA) is 71.5 Å². The van der Waals surface area contributed by atoms with E-state index in [0.717, 1.165) is 29.3 Å². The van der Waals surface area contributed by atoms with Gasteiger partial charge in [0.05, 0.1) is 6.61 Å². The summed E-state index contributed by atoms with van der Waals surface area (Å²) in [6.45, 7) is 1.18. The third kappa shape index (κ3) is 2.42. The summed E-state index contributed by atoms with van der Waals surface area (Å²) in [5.74, 6) is 3.15. The van der Waals surface area contributed by atoms with Crippen molar-refractivity contribution in [3.8, 4) is 17.2 Å². The van der Waals surface area contributed by atoms with Crippen molar-refractivity contribution in [3.63, 3.8) is 0 Å². The van der Waals surface area contributed by atoms with E-state index < -0.39 is 0 Å². The van der Waals surface area contributed by atoms with Gasteiger partial charge >= 0.3 is 0 Å². The van der Waals surface area contributed by atoms with Crippen molar-refractivity contribution in [2.24, 2.45) is 12.8 Å². The van der Waals surface area contributed by atoms with Crippen molar-refractivity contribution < 1.29 is 14.2 Å². The number of nitrogens with two attached hydrogens (primary N) is 1. The first-order valence-electron chi connectivity index (χ1n) is 6.49. The lowest BCUT2D eigenvalue weighted by atomic mass is 10.2. The van der Waals surface area contributed by atoms with Crippen LogP contribution in [-0.2, 0) is 20.0 Å². The number of aryl methyl sites for hydroxylation is 1. The van der Waals surface area contributed by atoms with Crippen LogP contribution in [0.3, 0.4) is 0 Å². The highest BCUT2D eigenvalue weighted by Gasteiger charge is 2.17. The molecule has 0 saturated carbocycles. The summed E-state index contributed by atoms with van der Waals surface area (Å²) >= 11 is 0. The molecule has 0 unspecified atom stereocenters. The predicted octanol–water partition coefficient (Wildman–Crippen LogP) is 1.23. The van der Waals surface area contributed by atoms with E-state index in [-0.39, 0.29) is 6.79 Å². The van der Waals surface area contributed by atoms with Gasteiger partial charge < -0.3 is 24.5 Å². The van der Waals surface area contributed by atoms with Gasteiger partial charge in [-0.15, -0.1) is 0 Å². The zero-order valence-electron chi connectivity index (χ0n) is 11.3. The van der Waals surface area contributed by atoms with E-state index in [9.17, 15) is 0 Å². The molecule has 0 amide bonds. The average molecular weight is 275 g/mol. The molecule has 1 aliphatic rings. The summed E-state index contributed by atoms with van der Waals surface area (Å²) in [5.41, 5.74) is 6.65. The summed E-state index contributed by atoms with van der Waals surface area (Å²) < 4.78 is 18.5. The number of benzene rings is 1. The predicted molar refractivity (Wildman–Crippen MR) is 72.9 cm³/mol. The van der Waals surface area contributed by atoms with Crippen LogP contribution in [0.4, 0.5) is 0 Å². The first-order chi connectivity index (χ1) is 9.78. The number of nitrogens with zero attached hydrogens (tertiary/aromatic N) is 2. The summed E-state index contributed by atoms with van der Waals surface area (Å²) in [5, 5.41) is 0. The maximum absolute atomic E-state index is 5.81. The van der Waals surface area contributed by atoms with E-state index in [1.165, 1.54) is 0 Å². The van der Waals surface area contributed by atoms with Crippen molar-refractivity contribution in [2.75, 3.05) is 13.4 Å². The Bertz CT molecular complexity index is 610. The number of ether oxygens (including phenoxy) is 3. The Labute approximate surface area is 117 Å². The smallest absolute Gasteiger partial charge is 0.231 e. The van der Waals surface area contributed by atoms with Crippen LogP contribution in [-0.4, -0.2) is 23.0 Å². The first-order valence-corrected chi connectivity index (χ1v) is 6.49. The molecule has 2 heterocycles. The maximum Gasteiger partial charge on any atom is 0.231 e. The van der Waals surface area contributed by atoms with Crippen LogP contribution < -0.4 is 19.9 Å². The minimum Gasteiger partial charge on any atom is -0.493 e. The lowest BCUT2D eigenvalue weighted by molar-refractivity contribution is 0.173. The average Bonchev–Trinajstić information content (AvgIpc) is 3.06. The molecule has 20 heavy (non-hydrogen) atoms. The molecule has 0 saturated heterocycles. The van der Waals surface area contributed by atoms with Crippen molar-refractivity contribution in [1.82, 2.24) is 9.55 Å².